The average molecular weight is 364 g/mol. The van der Waals surface area contributed by atoms with Gasteiger partial charge in [-0.3, -0.25) is 0 Å². The van der Waals surface area contributed by atoms with Crippen molar-refractivity contribution in [1.82, 2.24) is 20.4 Å². The van der Waals surface area contributed by atoms with Gasteiger partial charge in [0.2, 0.25) is 0 Å². The smallest absolute Gasteiger partial charge is 0.315 e. The first kappa shape index (κ1) is 20.3. The number of nitrogens with one attached hydrogen (secondary N) is 2. The number of hydrogen-bond acceptors (Lipinski definition) is 5. The van der Waals surface area contributed by atoms with Crippen LogP contribution < -0.4 is 20.1 Å². The highest BCUT2D eigenvalue weighted by Gasteiger charge is 2.12. The first-order valence-corrected chi connectivity index (χ1v) is 9.26. The lowest BCUT2D eigenvalue weighted by Crippen LogP contribution is -2.44. The first-order chi connectivity index (χ1) is 12.6. The highest BCUT2D eigenvalue weighted by molar-refractivity contribution is 5.73. The van der Waals surface area contributed by atoms with Gasteiger partial charge in [0.1, 0.15) is 0 Å². The van der Waals surface area contributed by atoms with Crippen LogP contribution in [0, 0.1) is 0 Å². The molecule has 0 radical (unpaired) electrons. The van der Waals surface area contributed by atoms with Gasteiger partial charge in [0.25, 0.3) is 0 Å². The maximum atomic E-state index is 11.9. The van der Waals surface area contributed by atoms with E-state index in [1.165, 1.54) is 0 Å². The average Bonchev–Trinajstić information content (AvgIpc) is 2.67. The lowest BCUT2D eigenvalue weighted by molar-refractivity contribution is 0.152. The molecule has 1 aromatic carbocycles. The van der Waals surface area contributed by atoms with Crippen molar-refractivity contribution in [3.63, 3.8) is 0 Å². The second-order valence-corrected chi connectivity index (χ2v) is 6.65. The molecule has 26 heavy (non-hydrogen) atoms. The molecule has 1 aliphatic rings. The van der Waals surface area contributed by atoms with Crippen LogP contribution >= 0.6 is 0 Å². The van der Waals surface area contributed by atoms with E-state index in [1.54, 1.807) is 14.2 Å². The number of benzene rings is 1. The number of nitrogens with zero attached hydrogens (tertiary/aromatic N) is 2. The Morgan fingerprint density at radius 1 is 1.04 bits per heavy atom. The van der Waals surface area contributed by atoms with Gasteiger partial charge in [-0.2, -0.15) is 0 Å². The number of rotatable bonds is 9. The number of carbonyl (C=O) groups excluding carboxylic acids is 1. The molecule has 1 aliphatic heterocycles. The van der Waals surface area contributed by atoms with Gasteiger partial charge in [0.15, 0.2) is 11.5 Å². The number of ether oxygens (including phenoxy) is 2. The van der Waals surface area contributed by atoms with Gasteiger partial charge in [-0.15, -0.1) is 0 Å². The predicted molar refractivity (Wildman–Crippen MR) is 103 cm³/mol. The predicted octanol–water partition coefficient (Wildman–Crippen LogP) is 1.53. The largest absolute Gasteiger partial charge is 0.493 e. The van der Waals surface area contributed by atoms with Crippen LogP contribution in [0.3, 0.4) is 0 Å². The molecule has 2 N–H and O–H groups in total. The monoisotopic (exact) mass is 364 g/mol. The molecule has 1 heterocycles. The standard InChI is InChI=1S/C19H32N4O3/c1-22-10-12-23(13-11-22)9-5-4-8-20-19(24)21-15-16-6-7-17(25-2)18(14-16)26-3/h6-7,14H,4-5,8-13,15H2,1-3H3,(H2,20,21,24). The number of carbonyl (C=O) groups is 1. The molecule has 7 heteroatoms. The lowest BCUT2D eigenvalue weighted by Gasteiger charge is -2.32. The Kier molecular flexibility index (Phi) is 8.50. The molecule has 0 spiro atoms. The molecule has 0 aromatic heterocycles. The van der Waals surface area contributed by atoms with Crippen molar-refractivity contribution in [3.05, 3.63) is 23.8 Å². The van der Waals surface area contributed by atoms with E-state index in [4.69, 9.17) is 9.47 Å². The SMILES string of the molecule is COc1ccc(CNC(=O)NCCCCN2CCN(C)CC2)cc1OC. The summed E-state index contributed by atoms with van der Waals surface area (Å²) in [4.78, 5) is 16.8. The molecule has 1 saturated heterocycles. The fourth-order valence-electron chi connectivity index (χ4n) is 2.97. The second kappa shape index (κ2) is 10.9. The Morgan fingerprint density at radius 3 is 2.46 bits per heavy atom. The minimum atomic E-state index is -0.139. The summed E-state index contributed by atoms with van der Waals surface area (Å²) in [5, 5.41) is 5.79. The first-order valence-electron chi connectivity index (χ1n) is 9.26. The molecular weight excluding hydrogens is 332 g/mol. The number of likely N-dealkylation sites (N-methyl/N-ethyl adjacent to an activating group) is 1. The van der Waals surface area contributed by atoms with Crippen LogP contribution in [0.1, 0.15) is 18.4 Å². The highest BCUT2D eigenvalue weighted by Crippen LogP contribution is 2.27. The van der Waals surface area contributed by atoms with Crippen molar-refractivity contribution in [2.45, 2.75) is 19.4 Å². The van der Waals surface area contributed by atoms with Crippen LogP contribution in [0.2, 0.25) is 0 Å². The van der Waals surface area contributed by atoms with Crippen LogP contribution in [-0.4, -0.2) is 76.4 Å². The summed E-state index contributed by atoms with van der Waals surface area (Å²) in [6, 6.07) is 5.48. The summed E-state index contributed by atoms with van der Waals surface area (Å²) in [5.41, 5.74) is 0.966. The van der Waals surface area contributed by atoms with E-state index in [-0.39, 0.29) is 6.03 Å². The summed E-state index contributed by atoms with van der Waals surface area (Å²) >= 11 is 0. The Hall–Kier alpha value is -1.99. The van der Waals surface area contributed by atoms with Gasteiger partial charge in [0.05, 0.1) is 14.2 Å². The van der Waals surface area contributed by atoms with Gasteiger partial charge in [-0.25, -0.2) is 4.79 Å². The number of methoxy groups -OCH3 is 2. The van der Waals surface area contributed by atoms with E-state index in [1.807, 2.05) is 18.2 Å². The van der Waals surface area contributed by atoms with E-state index in [9.17, 15) is 4.79 Å². The van der Waals surface area contributed by atoms with Crippen molar-refractivity contribution in [2.24, 2.45) is 0 Å². The van der Waals surface area contributed by atoms with Crippen molar-refractivity contribution in [3.8, 4) is 11.5 Å². The molecule has 0 saturated carbocycles. The maximum Gasteiger partial charge on any atom is 0.315 e. The normalized spacial score (nSPS) is 15.5. The zero-order valence-electron chi connectivity index (χ0n) is 16.2. The molecule has 2 amide bonds. The molecule has 0 aliphatic carbocycles. The number of amides is 2. The van der Waals surface area contributed by atoms with Gasteiger partial charge in [0, 0.05) is 39.3 Å². The van der Waals surface area contributed by atoms with Gasteiger partial charge in [-0.1, -0.05) is 6.07 Å². The van der Waals surface area contributed by atoms with Crippen molar-refractivity contribution in [2.75, 3.05) is 60.5 Å². The molecule has 1 fully saturated rings. The van der Waals surface area contributed by atoms with E-state index in [0.717, 1.165) is 51.1 Å². The Bertz CT molecular complexity index is 560. The number of hydrogen-bond donors (Lipinski definition) is 2. The summed E-state index contributed by atoms with van der Waals surface area (Å²) in [7, 11) is 5.37. The lowest BCUT2D eigenvalue weighted by atomic mass is 10.2. The number of unbranched alkanes of at least 4 members (excludes halogenated alkanes) is 1. The van der Waals surface area contributed by atoms with E-state index >= 15 is 0 Å². The molecule has 146 valence electrons. The third-order valence-corrected chi connectivity index (χ3v) is 4.68. The topological polar surface area (TPSA) is 66.1 Å². The van der Waals surface area contributed by atoms with Gasteiger partial charge in [-0.05, 0) is 44.1 Å². The fraction of sp³-hybridized carbons (Fsp3) is 0.632. The molecule has 0 bridgehead atoms. The van der Waals surface area contributed by atoms with Gasteiger partial charge >= 0.3 is 6.03 Å². The summed E-state index contributed by atoms with van der Waals surface area (Å²) in [6.07, 6.45) is 2.11. The van der Waals surface area contributed by atoms with Crippen molar-refractivity contribution in [1.29, 1.82) is 0 Å². The Balaban J connectivity index is 1.57. The van der Waals surface area contributed by atoms with Crippen LogP contribution in [0.5, 0.6) is 11.5 Å². The van der Waals surface area contributed by atoms with Gasteiger partial charge < -0.3 is 29.9 Å². The Morgan fingerprint density at radius 2 is 1.77 bits per heavy atom. The molecular formula is C19H32N4O3. The minimum Gasteiger partial charge on any atom is -0.493 e. The quantitative estimate of drug-likeness (QED) is 0.651. The molecule has 7 nitrogen and oxygen atoms in total. The van der Waals surface area contributed by atoms with Crippen LogP contribution in [0.25, 0.3) is 0 Å². The van der Waals surface area contributed by atoms with E-state index in [2.05, 4.69) is 27.5 Å². The van der Waals surface area contributed by atoms with Crippen molar-refractivity contribution >= 4 is 6.03 Å². The third-order valence-electron chi connectivity index (χ3n) is 4.68. The van der Waals surface area contributed by atoms with E-state index < -0.39 is 0 Å². The van der Waals surface area contributed by atoms with Crippen molar-refractivity contribution < 1.29 is 14.3 Å². The highest BCUT2D eigenvalue weighted by atomic mass is 16.5. The van der Waals surface area contributed by atoms with Crippen LogP contribution in [-0.2, 0) is 6.54 Å². The summed E-state index contributed by atoms with van der Waals surface area (Å²) < 4.78 is 10.5. The minimum absolute atomic E-state index is 0.139. The maximum absolute atomic E-state index is 11.9. The van der Waals surface area contributed by atoms with E-state index in [0.29, 0.717) is 24.6 Å². The van der Waals surface area contributed by atoms with Crippen LogP contribution in [0.4, 0.5) is 4.79 Å². The number of urea groups is 1. The third kappa shape index (κ3) is 6.72. The molecule has 1 aromatic rings. The summed E-state index contributed by atoms with van der Waals surface area (Å²) in [6.45, 7) is 6.86. The molecule has 2 rings (SSSR count). The zero-order valence-corrected chi connectivity index (χ0v) is 16.2. The summed E-state index contributed by atoms with van der Waals surface area (Å²) in [5.74, 6) is 1.34. The van der Waals surface area contributed by atoms with Crippen LogP contribution in [0.15, 0.2) is 18.2 Å². The Labute approximate surface area is 156 Å². The number of piperazine rings is 1. The second-order valence-electron chi connectivity index (χ2n) is 6.65. The molecule has 0 atom stereocenters. The molecule has 0 unspecified atom stereocenters. The zero-order chi connectivity index (χ0) is 18.8. The fourth-order valence-corrected chi connectivity index (χ4v) is 2.97.